The zero-order chi connectivity index (χ0) is 13.9. The third kappa shape index (κ3) is 2.97. The molecular weight excluding hydrogens is 228 g/mol. The van der Waals surface area contributed by atoms with Crippen molar-refractivity contribution in [2.75, 3.05) is 0 Å². The molecule has 0 fully saturated rings. The molecule has 0 spiro atoms. The van der Waals surface area contributed by atoms with Gasteiger partial charge in [0.25, 0.3) is 0 Å². The first-order valence-electron chi connectivity index (χ1n) is 6.02. The van der Waals surface area contributed by atoms with Crippen molar-refractivity contribution >= 4 is 12.3 Å². The third-order valence-electron chi connectivity index (χ3n) is 3.23. The lowest BCUT2D eigenvalue weighted by molar-refractivity contribution is -0.141. The molecule has 0 radical (unpaired) electrons. The van der Waals surface area contributed by atoms with E-state index in [4.69, 9.17) is 4.74 Å². The molecule has 0 bridgehead atoms. The molecule has 0 aromatic carbocycles. The molecule has 98 valence electrons. The number of esters is 1. The zero-order valence-corrected chi connectivity index (χ0v) is 11.6. The smallest absolute Gasteiger partial charge is 0.334 e. The van der Waals surface area contributed by atoms with Crippen molar-refractivity contribution in [2.24, 2.45) is 5.41 Å². The third-order valence-corrected chi connectivity index (χ3v) is 3.23. The van der Waals surface area contributed by atoms with E-state index in [0.717, 1.165) is 11.9 Å². The van der Waals surface area contributed by atoms with Crippen molar-refractivity contribution in [1.29, 1.82) is 0 Å². The van der Waals surface area contributed by atoms with Crippen LogP contribution in [0.2, 0.25) is 0 Å². The standard InChI is InChI=1S/C15H20O3/c1-6-10(2)14(17)18-13-7-12(9-16)15(4,5)8-11(13)3/h6-9,13H,1-5H3. The highest BCUT2D eigenvalue weighted by Crippen LogP contribution is 2.34. The quantitative estimate of drug-likeness (QED) is 0.334. The fourth-order valence-electron chi connectivity index (χ4n) is 1.89. The molecule has 1 unspecified atom stereocenters. The average molecular weight is 248 g/mol. The molecule has 1 rings (SSSR count). The minimum Gasteiger partial charge on any atom is -0.450 e. The summed E-state index contributed by atoms with van der Waals surface area (Å²) in [5.74, 6) is -0.351. The van der Waals surface area contributed by atoms with E-state index in [-0.39, 0.29) is 11.4 Å². The van der Waals surface area contributed by atoms with Crippen molar-refractivity contribution < 1.29 is 14.3 Å². The Morgan fingerprint density at radius 1 is 1.44 bits per heavy atom. The van der Waals surface area contributed by atoms with Crippen LogP contribution in [0.15, 0.2) is 34.9 Å². The summed E-state index contributed by atoms with van der Waals surface area (Å²) in [7, 11) is 0. The maximum absolute atomic E-state index is 11.7. The minimum atomic E-state index is -0.444. The highest BCUT2D eigenvalue weighted by Gasteiger charge is 2.29. The van der Waals surface area contributed by atoms with Gasteiger partial charge in [0.2, 0.25) is 0 Å². The van der Waals surface area contributed by atoms with Crippen molar-refractivity contribution in [1.82, 2.24) is 0 Å². The molecule has 0 aliphatic heterocycles. The molecule has 0 heterocycles. The first kappa shape index (κ1) is 14.4. The molecule has 1 aliphatic rings. The number of carbonyl (C=O) groups is 2. The van der Waals surface area contributed by atoms with Crippen molar-refractivity contribution in [3.63, 3.8) is 0 Å². The normalized spacial score (nSPS) is 22.9. The lowest BCUT2D eigenvalue weighted by Gasteiger charge is -2.30. The molecular formula is C15H20O3. The Kier molecular flexibility index (Phi) is 4.28. The van der Waals surface area contributed by atoms with Gasteiger partial charge in [-0.2, -0.15) is 0 Å². The van der Waals surface area contributed by atoms with E-state index in [1.165, 1.54) is 0 Å². The summed E-state index contributed by atoms with van der Waals surface area (Å²) in [6.45, 7) is 9.33. The molecule has 18 heavy (non-hydrogen) atoms. The number of hydrogen-bond acceptors (Lipinski definition) is 3. The van der Waals surface area contributed by atoms with Crippen molar-refractivity contribution in [2.45, 2.75) is 40.7 Å². The van der Waals surface area contributed by atoms with Gasteiger partial charge in [0.1, 0.15) is 12.4 Å². The maximum Gasteiger partial charge on any atom is 0.334 e. The van der Waals surface area contributed by atoms with Crippen LogP contribution in [0.1, 0.15) is 34.6 Å². The van der Waals surface area contributed by atoms with Crippen LogP contribution in [0.3, 0.4) is 0 Å². The Labute approximate surface area is 108 Å². The van der Waals surface area contributed by atoms with Gasteiger partial charge in [-0.25, -0.2) is 4.79 Å². The largest absolute Gasteiger partial charge is 0.450 e. The van der Waals surface area contributed by atoms with Crippen LogP contribution in [0, 0.1) is 5.41 Å². The number of hydrogen-bond donors (Lipinski definition) is 0. The molecule has 0 aromatic rings. The van der Waals surface area contributed by atoms with Gasteiger partial charge in [0.05, 0.1) is 0 Å². The van der Waals surface area contributed by atoms with Gasteiger partial charge < -0.3 is 4.74 Å². The number of carbonyl (C=O) groups excluding carboxylic acids is 2. The summed E-state index contributed by atoms with van der Waals surface area (Å²) in [6, 6.07) is 0. The summed E-state index contributed by atoms with van der Waals surface area (Å²) >= 11 is 0. The molecule has 1 atom stereocenters. The van der Waals surface area contributed by atoms with Gasteiger partial charge in [-0.3, -0.25) is 4.79 Å². The van der Waals surface area contributed by atoms with Gasteiger partial charge in [-0.15, -0.1) is 0 Å². The summed E-state index contributed by atoms with van der Waals surface area (Å²) in [6.07, 6.45) is 5.79. The second kappa shape index (κ2) is 5.34. The molecule has 0 N–H and O–H groups in total. The van der Waals surface area contributed by atoms with Crippen LogP contribution >= 0.6 is 0 Å². The summed E-state index contributed by atoms with van der Waals surface area (Å²) in [4.78, 5) is 22.8. The van der Waals surface area contributed by atoms with Crippen LogP contribution in [-0.2, 0) is 14.3 Å². The highest BCUT2D eigenvalue weighted by atomic mass is 16.5. The van der Waals surface area contributed by atoms with E-state index in [0.29, 0.717) is 11.1 Å². The Morgan fingerprint density at radius 3 is 2.56 bits per heavy atom. The van der Waals surface area contributed by atoms with Gasteiger partial charge in [-0.1, -0.05) is 26.0 Å². The zero-order valence-electron chi connectivity index (χ0n) is 11.6. The molecule has 0 amide bonds. The fraction of sp³-hybridized carbons (Fsp3) is 0.467. The Morgan fingerprint density at radius 2 is 2.06 bits per heavy atom. The molecule has 0 saturated carbocycles. The maximum atomic E-state index is 11.7. The van der Waals surface area contributed by atoms with Crippen molar-refractivity contribution in [3.8, 4) is 0 Å². The van der Waals surface area contributed by atoms with Gasteiger partial charge in [0, 0.05) is 16.6 Å². The number of ether oxygens (including phenoxy) is 1. The van der Waals surface area contributed by atoms with Crippen LogP contribution in [0.25, 0.3) is 0 Å². The van der Waals surface area contributed by atoms with E-state index in [2.05, 4.69) is 0 Å². The topological polar surface area (TPSA) is 43.4 Å². The molecule has 0 saturated heterocycles. The van der Waals surface area contributed by atoms with E-state index in [9.17, 15) is 9.59 Å². The summed E-state index contributed by atoms with van der Waals surface area (Å²) in [5.41, 5.74) is 1.85. The van der Waals surface area contributed by atoms with Crippen LogP contribution in [0.5, 0.6) is 0 Å². The second-order valence-electron chi connectivity index (χ2n) is 5.15. The van der Waals surface area contributed by atoms with E-state index >= 15 is 0 Å². The van der Waals surface area contributed by atoms with Crippen LogP contribution in [0.4, 0.5) is 0 Å². The first-order valence-corrected chi connectivity index (χ1v) is 6.02. The average Bonchev–Trinajstić information content (AvgIpc) is 2.30. The molecule has 3 nitrogen and oxygen atoms in total. The minimum absolute atomic E-state index is 0.301. The Hall–Kier alpha value is -1.64. The first-order chi connectivity index (χ1) is 8.31. The lowest BCUT2D eigenvalue weighted by atomic mass is 9.78. The van der Waals surface area contributed by atoms with E-state index in [1.807, 2.05) is 26.8 Å². The van der Waals surface area contributed by atoms with Crippen molar-refractivity contribution in [3.05, 3.63) is 34.9 Å². The Balaban J connectivity index is 2.95. The SMILES string of the molecule is CC=C(C)C(=O)OC1C=C(C=O)C(C)(C)C=C1C. The van der Waals surface area contributed by atoms with E-state index in [1.54, 1.807) is 26.0 Å². The molecule has 0 aromatic heterocycles. The second-order valence-corrected chi connectivity index (χ2v) is 5.15. The summed E-state index contributed by atoms with van der Waals surface area (Å²) < 4.78 is 5.37. The van der Waals surface area contributed by atoms with Gasteiger partial charge in [-0.05, 0) is 32.4 Å². The fourth-order valence-corrected chi connectivity index (χ4v) is 1.89. The lowest BCUT2D eigenvalue weighted by Crippen LogP contribution is -2.27. The number of rotatable bonds is 3. The molecule has 1 aliphatic carbocycles. The number of aldehydes is 1. The van der Waals surface area contributed by atoms with E-state index < -0.39 is 6.10 Å². The predicted molar refractivity (Wildman–Crippen MR) is 71.0 cm³/mol. The number of allylic oxidation sites excluding steroid dienone is 3. The molecule has 3 heteroatoms. The van der Waals surface area contributed by atoms with Gasteiger partial charge in [0.15, 0.2) is 0 Å². The van der Waals surface area contributed by atoms with Gasteiger partial charge >= 0.3 is 5.97 Å². The Bertz CT molecular complexity index is 450. The summed E-state index contributed by atoms with van der Waals surface area (Å²) in [5, 5.41) is 0. The monoisotopic (exact) mass is 248 g/mol. The van der Waals surface area contributed by atoms with Crippen LogP contribution in [-0.4, -0.2) is 18.4 Å². The highest BCUT2D eigenvalue weighted by molar-refractivity contribution is 5.88. The predicted octanol–water partition coefficient (Wildman–Crippen LogP) is 2.98. The van der Waals surface area contributed by atoms with Crippen LogP contribution < -0.4 is 0 Å².